The van der Waals surface area contributed by atoms with Crippen molar-refractivity contribution in [3.05, 3.63) is 76.6 Å². The van der Waals surface area contributed by atoms with Crippen LogP contribution in [-0.2, 0) is 4.79 Å². The number of carbonyl (C=O) groups is 1. The molecule has 0 aliphatic rings. The number of benzene rings is 2. The lowest BCUT2D eigenvalue weighted by molar-refractivity contribution is -0.274. The second-order valence-electron chi connectivity index (χ2n) is 6.58. The first-order valence-electron chi connectivity index (χ1n) is 8.96. The average molecular weight is 417 g/mol. The largest absolute Gasteiger partial charge is 0.573 e. The topological polar surface area (TPSA) is 73.2 Å². The SMILES string of the molecule is Cc1ccc(-c2ccc(=O)n([C@H](C)C(=O)Nc3ccccc3OC(F)(F)F)n2)cc1. The second-order valence-corrected chi connectivity index (χ2v) is 6.58. The summed E-state index contributed by atoms with van der Waals surface area (Å²) in [6, 6.07) is 14.3. The van der Waals surface area contributed by atoms with Crippen LogP contribution in [0.1, 0.15) is 18.5 Å². The fourth-order valence-electron chi connectivity index (χ4n) is 2.71. The minimum atomic E-state index is -4.91. The number of para-hydroxylation sites is 2. The molecule has 3 aromatic rings. The number of hydrogen-bond donors (Lipinski definition) is 1. The highest BCUT2D eigenvalue weighted by molar-refractivity contribution is 5.94. The van der Waals surface area contributed by atoms with E-state index < -0.39 is 29.6 Å². The molecule has 0 saturated carbocycles. The van der Waals surface area contributed by atoms with Crippen LogP contribution in [0.4, 0.5) is 18.9 Å². The molecule has 1 amide bonds. The molecule has 0 spiro atoms. The molecule has 0 bridgehead atoms. The van der Waals surface area contributed by atoms with Gasteiger partial charge in [-0.25, -0.2) is 4.68 Å². The van der Waals surface area contributed by atoms with Crippen molar-refractivity contribution in [1.82, 2.24) is 9.78 Å². The predicted octanol–water partition coefficient (Wildman–Crippen LogP) is 4.32. The molecule has 156 valence electrons. The van der Waals surface area contributed by atoms with E-state index in [0.717, 1.165) is 21.9 Å². The van der Waals surface area contributed by atoms with Crippen LogP contribution in [0.15, 0.2) is 65.5 Å². The number of aryl methyl sites for hydroxylation is 1. The van der Waals surface area contributed by atoms with Gasteiger partial charge in [-0.3, -0.25) is 9.59 Å². The Morgan fingerprint density at radius 1 is 1.07 bits per heavy atom. The van der Waals surface area contributed by atoms with Gasteiger partial charge < -0.3 is 10.1 Å². The summed E-state index contributed by atoms with van der Waals surface area (Å²) in [5, 5.41) is 6.61. The van der Waals surface area contributed by atoms with Crippen molar-refractivity contribution < 1.29 is 22.7 Å². The number of hydrogen-bond acceptors (Lipinski definition) is 4. The molecule has 0 aliphatic heterocycles. The summed E-state index contributed by atoms with van der Waals surface area (Å²) in [6.07, 6.45) is -4.91. The molecule has 6 nitrogen and oxygen atoms in total. The quantitative estimate of drug-likeness (QED) is 0.671. The monoisotopic (exact) mass is 417 g/mol. The zero-order valence-corrected chi connectivity index (χ0v) is 16.1. The first kappa shape index (κ1) is 21.1. The standard InChI is InChI=1S/C21H18F3N3O3/c1-13-7-9-15(10-8-13)16-11-12-19(28)27(26-16)14(2)20(29)25-17-5-3-4-6-18(17)30-21(22,23)24/h3-12,14H,1-2H3,(H,25,29)/t14-/m1/s1. The van der Waals surface area contributed by atoms with Crippen molar-refractivity contribution >= 4 is 11.6 Å². The van der Waals surface area contributed by atoms with E-state index in [9.17, 15) is 22.8 Å². The fourth-order valence-corrected chi connectivity index (χ4v) is 2.71. The summed E-state index contributed by atoms with van der Waals surface area (Å²) in [4.78, 5) is 24.9. The van der Waals surface area contributed by atoms with Gasteiger partial charge in [-0.05, 0) is 32.0 Å². The summed E-state index contributed by atoms with van der Waals surface area (Å²) in [6.45, 7) is 3.36. The first-order valence-corrected chi connectivity index (χ1v) is 8.96. The number of halogens is 3. The van der Waals surface area contributed by atoms with E-state index in [1.165, 1.54) is 31.2 Å². The predicted molar refractivity (Wildman–Crippen MR) is 105 cm³/mol. The summed E-state index contributed by atoms with van der Waals surface area (Å²) in [5.41, 5.74) is 1.60. The number of nitrogens with zero attached hydrogens (tertiary/aromatic N) is 2. The van der Waals surface area contributed by atoms with Crippen LogP contribution < -0.4 is 15.6 Å². The molecule has 1 atom stereocenters. The van der Waals surface area contributed by atoms with Gasteiger partial charge in [-0.15, -0.1) is 13.2 Å². The molecule has 0 radical (unpaired) electrons. The highest BCUT2D eigenvalue weighted by Crippen LogP contribution is 2.30. The highest BCUT2D eigenvalue weighted by Gasteiger charge is 2.32. The van der Waals surface area contributed by atoms with Crippen LogP contribution in [0, 0.1) is 6.92 Å². The molecule has 0 unspecified atom stereocenters. The lowest BCUT2D eigenvalue weighted by Gasteiger charge is -2.17. The number of anilines is 1. The van der Waals surface area contributed by atoms with Gasteiger partial charge >= 0.3 is 6.36 Å². The molecule has 1 heterocycles. The van der Waals surface area contributed by atoms with Gasteiger partial charge in [0.25, 0.3) is 5.56 Å². The van der Waals surface area contributed by atoms with Gasteiger partial charge in [0.15, 0.2) is 5.75 Å². The van der Waals surface area contributed by atoms with Crippen molar-refractivity contribution in [3.63, 3.8) is 0 Å². The minimum absolute atomic E-state index is 0.172. The van der Waals surface area contributed by atoms with Crippen molar-refractivity contribution in [2.24, 2.45) is 0 Å². The number of alkyl halides is 3. The number of carbonyl (C=O) groups excluding carboxylic acids is 1. The maximum Gasteiger partial charge on any atom is 0.573 e. The lowest BCUT2D eigenvalue weighted by atomic mass is 10.1. The van der Waals surface area contributed by atoms with E-state index in [1.807, 2.05) is 31.2 Å². The highest BCUT2D eigenvalue weighted by atomic mass is 19.4. The maximum atomic E-state index is 12.6. The molecule has 0 aliphatic carbocycles. The summed E-state index contributed by atoms with van der Waals surface area (Å²) in [7, 11) is 0. The number of nitrogens with one attached hydrogen (secondary N) is 1. The second kappa shape index (κ2) is 8.40. The summed E-state index contributed by atoms with van der Waals surface area (Å²) < 4.78 is 42.6. The molecule has 3 rings (SSSR count). The van der Waals surface area contributed by atoms with E-state index in [-0.39, 0.29) is 5.69 Å². The van der Waals surface area contributed by atoms with Gasteiger partial charge in [0, 0.05) is 11.6 Å². The molecular formula is C21H18F3N3O3. The van der Waals surface area contributed by atoms with Crippen molar-refractivity contribution in [3.8, 4) is 17.0 Å². The molecule has 1 aromatic heterocycles. The smallest absolute Gasteiger partial charge is 0.404 e. The molecular weight excluding hydrogens is 399 g/mol. The Morgan fingerprint density at radius 3 is 2.40 bits per heavy atom. The Balaban J connectivity index is 1.86. The molecule has 30 heavy (non-hydrogen) atoms. The van der Waals surface area contributed by atoms with Crippen molar-refractivity contribution in [1.29, 1.82) is 0 Å². The third-order valence-electron chi connectivity index (χ3n) is 4.29. The molecule has 2 aromatic carbocycles. The van der Waals surface area contributed by atoms with Crippen LogP contribution in [-0.4, -0.2) is 22.1 Å². The minimum Gasteiger partial charge on any atom is -0.404 e. The summed E-state index contributed by atoms with van der Waals surface area (Å²) in [5.74, 6) is -1.27. The van der Waals surface area contributed by atoms with Crippen LogP contribution >= 0.6 is 0 Å². The molecule has 0 fully saturated rings. The van der Waals surface area contributed by atoms with Crippen LogP contribution in [0.2, 0.25) is 0 Å². The Labute approximate surface area is 169 Å². The van der Waals surface area contributed by atoms with E-state index in [0.29, 0.717) is 5.69 Å². The van der Waals surface area contributed by atoms with Crippen LogP contribution in [0.5, 0.6) is 5.75 Å². The van der Waals surface area contributed by atoms with Gasteiger partial charge in [0.05, 0.1) is 11.4 Å². The maximum absolute atomic E-state index is 12.6. The van der Waals surface area contributed by atoms with Crippen LogP contribution in [0.25, 0.3) is 11.3 Å². The number of ether oxygens (including phenoxy) is 1. The first-order chi connectivity index (χ1) is 14.1. The van der Waals surface area contributed by atoms with E-state index in [4.69, 9.17) is 0 Å². The van der Waals surface area contributed by atoms with Gasteiger partial charge in [0.2, 0.25) is 5.91 Å². The number of aromatic nitrogens is 2. The normalized spacial score (nSPS) is 12.3. The third kappa shape index (κ3) is 5.05. The van der Waals surface area contributed by atoms with E-state index in [2.05, 4.69) is 15.2 Å². The van der Waals surface area contributed by atoms with Gasteiger partial charge in [-0.1, -0.05) is 42.0 Å². The molecule has 9 heteroatoms. The lowest BCUT2D eigenvalue weighted by Crippen LogP contribution is -2.33. The van der Waals surface area contributed by atoms with Gasteiger partial charge in [0.1, 0.15) is 6.04 Å². The molecule has 1 N–H and O–H groups in total. The third-order valence-corrected chi connectivity index (χ3v) is 4.29. The fraction of sp³-hybridized carbons (Fsp3) is 0.190. The Morgan fingerprint density at radius 2 is 1.73 bits per heavy atom. The number of amides is 1. The Kier molecular flexibility index (Phi) is 5.91. The zero-order chi connectivity index (χ0) is 21.9. The Bertz CT molecular complexity index is 1110. The van der Waals surface area contributed by atoms with Crippen molar-refractivity contribution in [2.75, 3.05) is 5.32 Å². The summed E-state index contributed by atoms with van der Waals surface area (Å²) >= 11 is 0. The average Bonchev–Trinajstić information content (AvgIpc) is 2.69. The van der Waals surface area contributed by atoms with E-state index >= 15 is 0 Å². The van der Waals surface area contributed by atoms with Crippen molar-refractivity contribution in [2.45, 2.75) is 26.3 Å². The van der Waals surface area contributed by atoms with E-state index in [1.54, 1.807) is 6.07 Å². The van der Waals surface area contributed by atoms with Crippen LogP contribution in [0.3, 0.4) is 0 Å². The molecule has 0 saturated heterocycles. The Hall–Kier alpha value is -3.62. The number of rotatable bonds is 5. The van der Waals surface area contributed by atoms with Gasteiger partial charge in [-0.2, -0.15) is 5.10 Å². The zero-order valence-electron chi connectivity index (χ0n) is 16.1.